The lowest BCUT2D eigenvalue weighted by molar-refractivity contribution is 0.673. The Hall–Kier alpha value is -7.86. The van der Waals surface area contributed by atoms with Crippen LogP contribution >= 0.6 is 0 Å². The van der Waals surface area contributed by atoms with E-state index >= 15 is 0 Å². The summed E-state index contributed by atoms with van der Waals surface area (Å²) < 4.78 is 11.3. The molecule has 3 heterocycles. The summed E-state index contributed by atoms with van der Waals surface area (Å²) in [6.07, 6.45) is 0. The molecule has 0 aliphatic rings. The van der Waals surface area contributed by atoms with Crippen LogP contribution in [-0.4, -0.2) is 9.13 Å². The molecule has 5 nitrogen and oxygen atoms in total. The fraction of sp³-hybridized carbons (Fsp3) is 0. The van der Waals surface area contributed by atoms with Crippen LogP contribution < -0.4 is 0 Å². The number of fused-ring (bicyclic) bond motifs is 10. The van der Waals surface area contributed by atoms with Crippen LogP contribution in [0.2, 0.25) is 0 Å². The van der Waals surface area contributed by atoms with Gasteiger partial charge in [0.15, 0.2) is 0 Å². The molecule has 3 aromatic heterocycles. The summed E-state index contributed by atoms with van der Waals surface area (Å²) in [5.74, 6) is 0. The molecule has 55 heavy (non-hydrogen) atoms. The van der Waals surface area contributed by atoms with E-state index in [4.69, 9.17) is 4.42 Å². The molecule has 0 aliphatic carbocycles. The number of para-hydroxylation sites is 4. The van der Waals surface area contributed by atoms with Gasteiger partial charge in [0.25, 0.3) is 0 Å². The zero-order chi connectivity index (χ0) is 36.6. The number of furan rings is 1. The van der Waals surface area contributed by atoms with Gasteiger partial charge in [-0.2, -0.15) is 10.5 Å². The largest absolute Gasteiger partial charge is 0.455 e. The standard InChI is InChI=1S/C50H28N4O/c51-29-32-11-1-2-12-37(32)31-21-22-38(34(25-31)30-52)33-26-35(53-44-17-7-3-13-39(44)40-14-4-8-18-45(40)53)28-36(27-33)54-46-19-9-5-16-43(46)49-47(54)24-23-42-41-15-6-10-20-48(41)55-50(42)49/h1-28H. The first-order valence-corrected chi connectivity index (χ1v) is 18.2. The smallest absolute Gasteiger partial charge is 0.145 e. The molecule has 0 aliphatic heterocycles. The first-order valence-electron chi connectivity index (χ1n) is 18.2. The van der Waals surface area contributed by atoms with Crippen molar-refractivity contribution in [2.75, 3.05) is 0 Å². The summed E-state index contributed by atoms with van der Waals surface area (Å²) in [5, 5.41) is 27.2. The SMILES string of the molecule is N#Cc1ccccc1-c1ccc(-c2cc(-n3c4ccccc4c4ccccc43)cc(-n3c4ccccc4c4c5oc6ccccc6c5ccc43)c2)c(C#N)c1. The minimum Gasteiger partial charge on any atom is -0.455 e. The van der Waals surface area contributed by atoms with Gasteiger partial charge in [-0.1, -0.05) is 103 Å². The average molecular weight is 701 g/mol. The summed E-state index contributed by atoms with van der Waals surface area (Å²) >= 11 is 0. The predicted molar refractivity (Wildman–Crippen MR) is 223 cm³/mol. The Bertz CT molecular complexity index is 3420. The van der Waals surface area contributed by atoms with Crippen molar-refractivity contribution in [3.63, 3.8) is 0 Å². The average Bonchev–Trinajstić information content (AvgIpc) is 3.91. The highest BCUT2D eigenvalue weighted by atomic mass is 16.3. The van der Waals surface area contributed by atoms with Gasteiger partial charge in [0.05, 0.1) is 50.7 Å². The lowest BCUT2D eigenvalue weighted by Crippen LogP contribution is -2.00. The van der Waals surface area contributed by atoms with Crippen molar-refractivity contribution >= 4 is 65.6 Å². The first kappa shape index (κ1) is 30.7. The van der Waals surface area contributed by atoms with Gasteiger partial charge >= 0.3 is 0 Å². The molecule has 0 N–H and O–H groups in total. The van der Waals surface area contributed by atoms with Crippen LogP contribution in [0.3, 0.4) is 0 Å². The van der Waals surface area contributed by atoms with Gasteiger partial charge in [0.1, 0.15) is 11.2 Å². The van der Waals surface area contributed by atoms with E-state index in [9.17, 15) is 10.5 Å². The lowest BCUT2D eigenvalue weighted by Gasteiger charge is -2.17. The van der Waals surface area contributed by atoms with Crippen LogP contribution in [0.5, 0.6) is 0 Å². The normalized spacial score (nSPS) is 11.6. The molecular formula is C50H28N4O. The van der Waals surface area contributed by atoms with Gasteiger partial charge in [-0.15, -0.1) is 0 Å². The van der Waals surface area contributed by atoms with Crippen molar-refractivity contribution in [1.82, 2.24) is 9.13 Å². The van der Waals surface area contributed by atoms with Crippen molar-refractivity contribution in [2.24, 2.45) is 0 Å². The number of rotatable bonds is 4. The summed E-state index contributed by atoms with van der Waals surface area (Å²) in [6.45, 7) is 0. The number of benzene rings is 8. The van der Waals surface area contributed by atoms with E-state index in [1.54, 1.807) is 0 Å². The van der Waals surface area contributed by atoms with Crippen LogP contribution in [0.1, 0.15) is 11.1 Å². The predicted octanol–water partition coefficient (Wildman–Crippen LogP) is 12.9. The molecule has 11 aromatic rings. The van der Waals surface area contributed by atoms with E-state index in [2.05, 4.69) is 137 Å². The lowest BCUT2D eigenvalue weighted by atomic mass is 9.93. The Labute approximate surface area is 315 Å². The zero-order valence-corrected chi connectivity index (χ0v) is 29.4. The highest BCUT2D eigenvalue weighted by Crippen LogP contribution is 2.42. The Morgan fingerprint density at radius 3 is 1.67 bits per heavy atom. The zero-order valence-electron chi connectivity index (χ0n) is 29.4. The molecule has 0 radical (unpaired) electrons. The van der Waals surface area contributed by atoms with Crippen molar-refractivity contribution in [2.45, 2.75) is 0 Å². The third-order valence-electron chi connectivity index (χ3n) is 11.0. The monoisotopic (exact) mass is 700 g/mol. The molecule has 0 bridgehead atoms. The topological polar surface area (TPSA) is 70.6 Å². The second-order valence-corrected chi connectivity index (χ2v) is 13.9. The second kappa shape index (κ2) is 11.8. The second-order valence-electron chi connectivity index (χ2n) is 13.9. The maximum atomic E-state index is 10.7. The number of hydrogen-bond donors (Lipinski definition) is 0. The fourth-order valence-electron chi connectivity index (χ4n) is 8.61. The molecule has 0 unspecified atom stereocenters. The molecule has 0 fully saturated rings. The Morgan fingerprint density at radius 1 is 0.400 bits per heavy atom. The minimum absolute atomic E-state index is 0.529. The molecule has 254 valence electrons. The highest BCUT2D eigenvalue weighted by molar-refractivity contribution is 6.24. The van der Waals surface area contributed by atoms with Crippen LogP contribution in [0, 0.1) is 22.7 Å². The van der Waals surface area contributed by atoms with Crippen molar-refractivity contribution in [3.05, 3.63) is 181 Å². The van der Waals surface area contributed by atoms with Crippen molar-refractivity contribution < 1.29 is 4.42 Å². The summed E-state index contributed by atoms with van der Waals surface area (Å²) in [7, 11) is 0. The summed E-state index contributed by atoms with van der Waals surface area (Å²) in [6, 6.07) is 63.0. The number of nitriles is 2. The molecule has 0 saturated heterocycles. The van der Waals surface area contributed by atoms with Gasteiger partial charge in [-0.05, 0) is 89.0 Å². The van der Waals surface area contributed by atoms with Crippen LogP contribution in [0.4, 0.5) is 0 Å². The van der Waals surface area contributed by atoms with E-state index in [-0.39, 0.29) is 0 Å². The maximum absolute atomic E-state index is 10.7. The van der Waals surface area contributed by atoms with E-state index in [0.29, 0.717) is 11.1 Å². The van der Waals surface area contributed by atoms with Gasteiger partial charge < -0.3 is 13.6 Å². The fourth-order valence-corrected chi connectivity index (χ4v) is 8.61. The van der Waals surface area contributed by atoms with Gasteiger partial charge in [-0.3, -0.25) is 0 Å². The summed E-state index contributed by atoms with van der Waals surface area (Å²) in [4.78, 5) is 0. The van der Waals surface area contributed by atoms with Crippen LogP contribution in [0.25, 0.3) is 99.2 Å². The van der Waals surface area contributed by atoms with E-state index < -0.39 is 0 Å². The first-order chi connectivity index (χ1) is 27.2. The molecule has 0 saturated carbocycles. The molecule has 0 amide bonds. The maximum Gasteiger partial charge on any atom is 0.145 e. The van der Waals surface area contributed by atoms with Gasteiger partial charge in [-0.25, -0.2) is 0 Å². The number of nitrogens with zero attached hydrogens (tertiary/aromatic N) is 4. The van der Waals surface area contributed by atoms with E-state index in [1.807, 2.05) is 54.6 Å². The van der Waals surface area contributed by atoms with Crippen LogP contribution in [0.15, 0.2) is 174 Å². The molecule has 11 rings (SSSR count). The van der Waals surface area contributed by atoms with Crippen molar-refractivity contribution in [3.8, 4) is 45.8 Å². The molecular weight excluding hydrogens is 673 g/mol. The van der Waals surface area contributed by atoms with E-state index in [1.165, 1.54) is 10.8 Å². The third kappa shape index (κ3) is 4.51. The number of aromatic nitrogens is 2. The minimum atomic E-state index is 0.529. The van der Waals surface area contributed by atoms with Crippen molar-refractivity contribution in [1.29, 1.82) is 10.5 Å². The molecule has 8 aromatic carbocycles. The van der Waals surface area contributed by atoms with Gasteiger partial charge in [0, 0.05) is 38.3 Å². The summed E-state index contributed by atoms with van der Waals surface area (Å²) in [5.41, 5.74) is 12.4. The number of hydrogen-bond acceptors (Lipinski definition) is 3. The quantitative estimate of drug-likeness (QED) is 0.183. The Kier molecular flexibility index (Phi) is 6.61. The van der Waals surface area contributed by atoms with Crippen LogP contribution in [-0.2, 0) is 0 Å². The van der Waals surface area contributed by atoms with E-state index in [0.717, 1.165) is 88.4 Å². The molecule has 0 spiro atoms. The Balaban J connectivity index is 1.23. The Morgan fingerprint density at radius 2 is 0.964 bits per heavy atom. The third-order valence-corrected chi connectivity index (χ3v) is 11.0. The molecule has 5 heteroatoms. The highest BCUT2D eigenvalue weighted by Gasteiger charge is 2.21. The van der Waals surface area contributed by atoms with Gasteiger partial charge in [0.2, 0.25) is 0 Å². The molecule has 0 atom stereocenters.